The molecule has 4 aliphatic heterocycles. The number of fused-ring (bicyclic) bond motifs is 5. The first-order valence-electron chi connectivity index (χ1n) is 22.7. The Morgan fingerprint density at radius 2 is 1.61 bits per heavy atom. The molecule has 4 aromatic rings. The molecule has 0 radical (unpaired) electrons. The third-order valence-electron chi connectivity index (χ3n) is 14.0. The van der Waals surface area contributed by atoms with Crippen LogP contribution in [0.4, 0.5) is 5.69 Å². The number of nitrogens with zero attached hydrogens (tertiary/aromatic N) is 4. The summed E-state index contributed by atoms with van der Waals surface area (Å²) in [5, 5.41) is 3.39. The maximum absolute atomic E-state index is 14.0. The summed E-state index contributed by atoms with van der Waals surface area (Å²) in [6, 6.07) is 18.5. The quantitative estimate of drug-likeness (QED) is 0.0816. The highest BCUT2D eigenvalue weighted by Crippen LogP contribution is 2.46. The van der Waals surface area contributed by atoms with Gasteiger partial charge < -0.3 is 29.2 Å². The molecule has 5 aliphatic rings. The first kappa shape index (κ1) is 42.8. The van der Waals surface area contributed by atoms with Crippen molar-refractivity contribution in [1.29, 1.82) is 0 Å². The van der Waals surface area contributed by atoms with Crippen LogP contribution in [0.15, 0.2) is 59.5 Å². The van der Waals surface area contributed by atoms with Gasteiger partial charge in [-0.15, -0.1) is 11.8 Å². The average Bonchev–Trinajstić information content (AvgIpc) is 3.85. The van der Waals surface area contributed by atoms with Gasteiger partial charge in [0, 0.05) is 121 Å². The molecule has 2 N–H and O–H groups in total. The Morgan fingerprint density at radius 1 is 0.839 bits per heavy atom. The van der Waals surface area contributed by atoms with Crippen molar-refractivity contribution in [2.75, 3.05) is 82.9 Å². The number of hydrogen-bond donors (Lipinski definition) is 2. The lowest BCUT2D eigenvalue weighted by Gasteiger charge is -2.44. The van der Waals surface area contributed by atoms with Crippen LogP contribution in [0.1, 0.15) is 102 Å². The van der Waals surface area contributed by atoms with Crippen LogP contribution in [0, 0.1) is 0 Å². The molecule has 328 valence electrons. The van der Waals surface area contributed by atoms with Crippen molar-refractivity contribution >= 4 is 51.9 Å². The number of amides is 3. The van der Waals surface area contributed by atoms with E-state index in [0.29, 0.717) is 44.4 Å². The highest BCUT2D eigenvalue weighted by Gasteiger charge is 2.42. The zero-order chi connectivity index (χ0) is 43.0. The van der Waals surface area contributed by atoms with Crippen LogP contribution in [-0.2, 0) is 37.4 Å². The van der Waals surface area contributed by atoms with Gasteiger partial charge in [-0.3, -0.25) is 29.4 Å². The summed E-state index contributed by atoms with van der Waals surface area (Å²) >= 11 is 1.66. The second-order valence-corrected chi connectivity index (χ2v) is 19.1. The molecule has 3 saturated heterocycles. The normalized spacial score (nSPS) is 20.8. The maximum Gasteiger partial charge on any atom is 0.255 e. The lowest BCUT2D eigenvalue weighted by Crippen LogP contribution is -2.53. The van der Waals surface area contributed by atoms with Crippen LogP contribution in [0.5, 0.6) is 0 Å². The van der Waals surface area contributed by atoms with E-state index in [9.17, 15) is 19.2 Å². The van der Waals surface area contributed by atoms with Crippen molar-refractivity contribution in [3.05, 3.63) is 93.7 Å². The first-order chi connectivity index (χ1) is 30.1. The molecule has 3 amide bonds. The van der Waals surface area contributed by atoms with Crippen LogP contribution < -0.4 is 10.2 Å². The number of hydrogen-bond acceptors (Lipinski definition) is 10. The molecule has 12 nitrogen and oxygen atoms in total. The van der Waals surface area contributed by atoms with Crippen LogP contribution in [0.2, 0.25) is 0 Å². The number of aromatic amines is 1. The van der Waals surface area contributed by atoms with Gasteiger partial charge >= 0.3 is 0 Å². The van der Waals surface area contributed by atoms with Gasteiger partial charge in [-0.25, -0.2) is 0 Å². The molecular formula is C49H60N6O6S. The van der Waals surface area contributed by atoms with Crippen molar-refractivity contribution < 1.29 is 28.7 Å². The van der Waals surface area contributed by atoms with Crippen molar-refractivity contribution in [3.8, 4) is 0 Å². The second-order valence-electron chi connectivity index (χ2n) is 18.0. The molecule has 0 saturated carbocycles. The summed E-state index contributed by atoms with van der Waals surface area (Å²) in [6.07, 6.45) is 4.83. The molecule has 1 atom stereocenters. The second kappa shape index (κ2) is 18.3. The van der Waals surface area contributed by atoms with Gasteiger partial charge in [-0.05, 0) is 79.1 Å². The number of nitrogens with one attached hydrogen (secondary N) is 2. The van der Waals surface area contributed by atoms with Gasteiger partial charge in [-0.1, -0.05) is 45.0 Å². The molecule has 1 aromatic heterocycles. The lowest BCUT2D eigenvalue weighted by molar-refractivity contribution is -0.136. The molecule has 0 spiro atoms. The number of benzene rings is 3. The molecule has 9 rings (SSSR count). The highest BCUT2D eigenvalue weighted by molar-refractivity contribution is 7.99. The fraction of sp³-hybridized carbons (Fsp3) is 0.510. The Kier molecular flexibility index (Phi) is 12.6. The number of anilines is 1. The van der Waals surface area contributed by atoms with E-state index in [1.165, 1.54) is 11.3 Å². The fourth-order valence-electron chi connectivity index (χ4n) is 10.5. The monoisotopic (exact) mass is 860 g/mol. The molecule has 13 heteroatoms. The van der Waals surface area contributed by atoms with Gasteiger partial charge in [-0.2, -0.15) is 0 Å². The molecule has 1 unspecified atom stereocenters. The van der Waals surface area contributed by atoms with Gasteiger partial charge in [0.2, 0.25) is 11.8 Å². The molecule has 0 bridgehead atoms. The summed E-state index contributed by atoms with van der Waals surface area (Å²) in [5.41, 5.74) is 8.74. The zero-order valence-corrected chi connectivity index (χ0v) is 37.2. The number of thioether (sulfide) groups is 1. The number of ketones is 1. The van der Waals surface area contributed by atoms with E-state index in [1.54, 1.807) is 16.7 Å². The van der Waals surface area contributed by atoms with Gasteiger partial charge in [0.15, 0.2) is 5.78 Å². The molecule has 3 fully saturated rings. The minimum absolute atomic E-state index is 0.143. The van der Waals surface area contributed by atoms with E-state index in [4.69, 9.17) is 9.47 Å². The minimum atomic E-state index is -0.608. The number of para-hydroxylation sites is 1. The summed E-state index contributed by atoms with van der Waals surface area (Å²) in [5.74, 6) is 0.0702. The number of aromatic nitrogens is 1. The molecule has 5 heterocycles. The Bertz CT molecular complexity index is 2340. The topological polar surface area (TPSA) is 128 Å². The number of aryl methyl sites for hydroxylation is 1. The maximum atomic E-state index is 14.0. The Morgan fingerprint density at radius 3 is 2.39 bits per heavy atom. The van der Waals surface area contributed by atoms with E-state index in [2.05, 4.69) is 70.0 Å². The van der Waals surface area contributed by atoms with E-state index >= 15 is 0 Å². The van der Waals surface area contributed by atoms with Gasteiger partial charge in [0.05, 0.1) is 25.4 Å². The zero-order valence-electron chi connectivity index (χ0n) is 36.4. The Balaban J connectivity index is 0.660. The van der Waals surface area contributed by atoms with Crippen molar-refractivity contribution in [2.45, 2.75) is 88.2 Å². The number of piperidine rings is 2. The van der Waals surface area contributed by atoms with Crippen molar-refractivity contribution in [2.24, 2.45) is 0 Å². The molecule has 3 aromatic carbocycles. The molecule has 62 heavy (non-hydrogen) atoms. The smallest absolute Gasteiger partial charge is 0.255 e. The molecule has 1 aliphatic carbocycles. The summed E-state index contributed by atoms with van der Waals surface area (Å²) < 4.78 is 11.8. The van der Waals surface area contributed by atoms with Crippen LogP contribution >= 0.6 is 11.8 Å². The SMILES string of the molecule is CCc1cc2c(cc1N1CCC(N3CCN(CCCOCCOCCSc4cccc5c4CN(C4CCC(=O)NC4=O)C5=O)CC3)CC1)C(C)(C)c1[nH]c3ccccc3c1C2=O. The highest BCUT2D eigenvalue weighted by atomic mass is 32.2. The summed E-state index contributed by atoms with van der Waals surface area (Å²) in [4.78, 5) is 65.3. The summed E-state index contributed by atoms with van der Waals surface area (Å²) in [7, 11) is 0. The van der Waals surface area contributed by atoms with Crippen LogP contribution in [-0.4, -0.2) is 133 Å². The van der Waals surface area contributed by atoms with Crippen LogP contribution in [0.25, 0.3) is 10.9 Å². The van der Waals surface area contributed by atoms with E-state index in [0.717, 1.165) is 128 Å². The largest absolute Gasteiger partial charge is 0.379 e. The number of carbonyl (C=O) groups excluding carboxylic acids is 4. The number of H-pyrrole nitrogens is 1. The van der Waals surface area contributed by atoms with Crippen molar-refractivity contribution in [3.63, 3.8) is 0 Å². The third-order valence-corrected chi connectivity index (χ3v) is 15.0. The fourth-order valence-corrected chi connectivity index (χ4v) is 11.4. The van der Waals surface area contributed by atoms with Gasteiger partial charge in [0.1, 0.15) is 6.04 Å². The third kappa shape index (κ3) is 8.34. The van der Waals surface area contributed by atoms with E-state index in [1.807, 2.05) is 30.3 Å². The lowest BCUT2D eigenvalue weighted by atomic mass is 9.70. The number of piperazine rings is 1. The van der Waals surface area contributed by atoms with E-state index < -0.39 is 11.9 Å². The number of rotatable bonds is 15. The number of carbonyl (C=O) groups is 4. The average molecular weight is 861 g/mol. The minimum Gasteiger partial charge on any atom is -0.379 e. The van der Waals surface area contributed by atoms with E-state index in [-0.39, 0.29) is 29.4 Å². The Hall–Kier alpha value is -4.53. The van der Waals surface area contributed by atoms with Gasteiger partial charge in [0.25, 0.3) is 5.91 Å². The molecular weight excluding hydrogens is 801 g/mol. The van der Waals surface area contributed by atoms with Crippen LogP contribution in [0.3, 0.4) is 0 Å². The number of imide groups is 1. The number of ether oxygens (including phenoxy) is 2. The standard InChI is InChI=1S/C49H60N6O6S/c1-4-32-29-36-38(49(2,3)46-44(45(36)57)35-9-5-6-11-39(35)50-46)30-41(32)54-18-15-33(16-19-54)53-22-20-52(21-23-53)17-8-24-60-25-26-61-27-28-62-42-12-7-10-34-37(42)31-55(48(34)59)40-13-14-43(56)51-47(40)58/h5-7,9-12,29-30,33,40,50H,4,8,13-28,31H2,1-3H3,(H,51,56,58). The Labute approximate surface area is 369 Å². The predicted molar refractivity (Wildman–Crippen MR) is 242 cm³/mol. The first-order valence-corrected chi connectivity index (χ1v) is 23.7. The summed E-state index contributed by atoms with van der Waals surface area (Å²) in [6.45, 7) is 17.0. The van der Waals surface area contributed by atoms with Crippen molar-refractivity contribution in [1.82, 2.24) is 25.0 Å². The predicted octanol–water partition coefficient (Wildman–Crippen LogP) is 6.16.